The van der Waals surface area contributed by atoms with Gasteiger partial charge in [0.2, 0.25) is 0 Å². The number of aromatic nitrogens is 1. The van der Waals surface area contributed by atoms with Gasteiger partial charge in [-0.15, -0.1) is 0 Å². The molecule has 0 bridgehead atoms. The van der Waals surface area contributed by atoms with Crippen molar-refractivity contribution in [2.75, 3.05) is 16.3 Å². The Labute approximate surface area is 212 Å². The number of aryl methyl sites for hydroxylation is 1. The van der Waals surface area contributed by atoms with Gasteiger partial charge in [0.25, 0.3) is 5.91 Å². The van der Waals surface area contributed by atoms with Crippen LogP contribution in [0.1, 0.15) is 12.5 Å². The molecule has 2 aliphatic rings. The standard InChI is InChI=1S/C28H22N4OS2/c1-3-31-23-11-4-5-12-24(23)34-27(31)25-26(33)32(21-10-6-8-18(2)16-21)28(35-25)30-20-13-14-22-19(17-20)9-7-15-29-22/h4-17H,3H2,1-2H3. The highest BCUT2D eigenvalue weighted by atomic mass is 32.2. The average molecular weight is 495 g/mol. The van der Waals surface area contributed by atoms with Crippen molar-refractivity contribution < 1.29 is 4.79 Å². The van der Waals surface area contributed by atoms with Crippen molar-refractivity contribution >= 4 is 62.6 Å². The van der Waals surface area contributed by atoms with E-state index in [-0.39, 0.29) is 5.91 Å². The van der Waals surface area contributed by atoms with Crippen molar-refractivity contribution in [3.8, 4) is 0 Å². The molecular weight excluding hydrogens is 472 g/mol. The van der Waals surface area contributed by atoms with Gasteiger partial charge in [-0.25, -0.2) is 4.99 Å². The molecule has 35 heavy (non-hydrogen) atoms. The monoisotopic (exact) mass is 494 g/mol. The molecule has 1 aromatic heterocycles. The number of hydrogen-bond acceptors (Lipinski definition) is 6. The van der Waals surface area contributed by atoms with Gasteiger partial charge in [0.05, 0.1) is 22.6 Å². The van der Waals surface area contributed by atoms with E-state index in [1.807, 2.05) is 73.7 Å². The molecule has 0 radical (unpaired) electrons. The molecule has 6 rings (SSSR count). The van der Waals surface area contributed by atoms with E-state index >= 15 is 0 Å². The summed E-state index contributed by atoms with van der Waals surface area (Å²) in [5.41, 5.74) is 4.77. The van der Waals surface area contributed by atoms with Crippen LogP contribution in [0, 0.1) is 6.92 Å². The quantitative estimate of drug-likeness (QED) is 0.284. The highest BCUT2D eigenvalue weighted by Crippen LogP contribution is 2.51. The lowest BCUT2D eigenvalue weighted by Crippen LogP contribution is -2.29. The van der Waals surface area contributed by atoms with Crippen LogP contribution in [-0.2, 0) is 4.79 Å². The second-order valence-corrected chi connectivity index (χ2v) is 10.3. The number of carbonyl (C=O) groups is 1. The number of benzene rings is 3. The third-order valence-corrected chi connectivity index (χ3v) is 8.31. The zero-order chi connectivity index (χ0) is 23.9. The summed E-state index contributed by atoms with van der Waals surface area (Å²) in [7, 11) is 0. The molecule has 2 aliphatic heterocycles. The number of amidine groups is 1. The van der Waals surface area contributed by atoms with Gasteiger partial charge < -0.3 is 4.90 Å². The first-order valence-corrected chi connectivity index (χ1v) is 13.1. The Bertz CT molecular complexity index is 1550. The topological polar surface area (TPSA) is 48.8 Å². The Morgan fingerprint density at radius 3 is 2.69 bits per heavy atom. The second-order valence-electron chi connectivity index (χ2n) is 8.30. The van der Waals surface area contributed by atoms with Gasteiger partial charge in [0.15, 0.2) is 5.17 Å². The SMILES string of the molecule is CCN1C(=C2SC(=Nc3ccc4ncccc4c3)N(c3cccc(C)c3)C2=O)Sc2ccccc21. The predicted molar refractivity (Wildman–Crippen MR) is 147 cm³/mol. The van der Waals surface area contributed by atoms with Crippen LogP contribution < -0.4 is 9.80 Å². The molecule has 0 spiro atoms. The van der Waals surface area contributed by atoms with E-state index in [1.165, 1.54) is 16.7 Å². The number of hydrogen-bond donors (Lipinski definition) is 0. The molecule has 1 saturated heterocycles. The number of pyridine rings is 1. The lowest BCUT2D eigenvalue weighted by atomic mass is 10.2. The Morgan fingerprint density at radius 1 is 0.943 bits per heavy atom. The highest BCUT2D eigenvalue weighted by molar-refractivity contribution is 8.20. The van der Waals surface area contributed by atoms with E-state index in [1.54, 1.807) is 22.9 Å². The van der Waals surface area contributed by atoms with Gasteiger partial charge in [0, 0.05) is 23.0 Å². The van der Waals surface area contributed by atoms with Crippen molar-refractivity contribution in [2.45, 2.75) is 18.7 Å². The molecule has 7 heteroatoms. The first kappa shape index (κ1) is 21.9. The van der Waals surface area contributed by atoms with Crippen LogP contribution in [0.3, 0.4) is 0 Å². The number of nitrogens with zero attached hydrogens (tertiary/aromatic N) is 4. The molecule has 0 atom stereocenters. The summed E-state index contributed by atoms with van der Waals surface area (Å²) in [6.07, 6.45) is 1.79. The maximum Gasteiger partial charge on any atom is 0.274 e. The Morgan fingerprint density at radius 2 is 1.83 bits per heavy atom. The number of rotatable bonds is 3. The summed E-state index contributed by atoms with van der Waals surface area (Å²) in [5.74, 6) is -0.0458. The average Bonchev–Trinajstić information content (AvgIpc) is 3.40. The zero-order valence-corrected chi connectivity index (χ0v) is 20.9. The molecule has 0 unspecified atom stereocenters. The van der Waals surface area contributed by atoms with Crippen molar-refractivity contribution in [1.29, 1.82) is 0 Å². The van der Waals surface area contributed by atoms with Crippen LogP contribution in [0.2, 0.25) is 0 Å². The fraction of sp³-hybridized carbons (Fsp3) is 0.107. The van der Waals surface area contributed by atoms with Crippen molar-refractivity contribution in [3.05, 3.63) is 101 Å². The first-order valence-electron chi connectivity index (χ1n) is 11.4. The summed E-state index contributed by atoms with van der Waals surface area (Å²) in [6.45, 7) is 4.93. The Balaban J connectivity index is 1.48. The molecule has 3 aromatic carbocycles. The molecule has 3 heterocycles. The van der Waals surface area contributed by atoms with E-state index in [4.69, 9.17) is 4.99 Å². The molecule has 0 aliphatic carbocycles. The lowest BCUT2D eigenvalue weighted by molar-refractivity contribution is -0.113. The van der Waals surface area contributed by atoms with Crippen LogP contribution in [0.25, 0.3) is 10.9 Å². The van der Waals surface area contributed by atoms with Crippen LogP contribution in [0.15, 0.2) is 105 Å². The summed E-state index contributed by atoms with van der Waals surface area (Å²) >= 11 is 3.10. The lowest BCUT2D eigenvalue weighted by Gasteiger charge is -2.19. The van der Waals surface area contributed by atoms with E-state index in [2.05, 4.69) is 28.9 Å². The fourth-order valence-corrected chi connectivity index (χ4v) is 6.73. The fourth-order valence-electron chi connectivity index (χ4n) is 4.33. The molecular formula is C28H22N4OS2. The first-order chi connectivity index (χ1) is 17.1. The van der Waals surface area contributed by atoms with Gasteiger partial charge in [-0.3, -0.25) is 14.7 Å². The summed E-state index contributed by atoms with van der Waals surface area (Å²) in [5, 5.41) is 2.64. The predicted octanol–water partition coefficient (Wildman–Crippen LogP) is 7.11. The van der Waals surface area contributed by atoms with Gasteiger partial charge in [-0.1, -0.05) is 42.1 Å². The number of aliphatic imine (C=N–C) groups is 1. The number of fused-ring (bicyclic) bond motifs is 2. The normalized spacial score (nSPS) is 18.7. The van der Waals surface area contributed by atoms with Gasteiger partial charge >= 0.3 is 0 Å². The maximum atomic E-state index is 13.9. The highest BCUT2D eigenvalue weighted by Gasteiger charge is 2.40. The second kappa shape index (κ2) is 8.91. The van der Waals surface area contributed by atoms with Crippen molar-refractivity contribution in [2.24, 2.45) is 4.99 Å². The molecule has 0 saturated carbocycles. The summed E-state index contributed by atoms with van der Waals surface area (Å²) in [4.78, 5) is 29.1. The van der Waals surface area contributed by atoms with Crippen LogP contribution >= 0.6 is 23.5 Å². The summed E-state index contributed by atoms with van der Waals surface area (Å²) < 4.78 is 0. The smallest absolute Gasteiger partial charge is 0.274 e. The molecule has 1 fully saturated rings. The molecule has 172 valence electrons. The molecule has 1 amide bonds. The number of thioether (sulfide) groups is 2. The molecule has 0 N–H and O–H groups in total. The number of carbonyl (C=O) groups excluding carboxylic acids is 1. The van der Waals surface area contributed by atoms with E-state index in [0.29, 0.717) is 10.1 Å². The van der Waals surface area contributed by atoms with Gasteiger partial charge in [-0.05, 0) is 79.7 Å². The van der Waals surface area contributed by atoms with Gasteiger partial charge in [0.1, 0.15) is 9.93 Å². The van der Waals surface area contributed by atoms with Crippen LogP contribution in [0.5, 0.6) is 0 Å². The zero-order valence-electron chi connectivity index (χ0n) is 19.3. The largest absolute Gasteiger partial charge is 0.334 e. The van der Waals surface area contributed by atoms with Gasteiger partial charge in [-0.2, -0.15) is 0 Å². The van der Waals surface area contributed by atoms with E-state index in [9.17, 15) is 4.79 Å². The number of amides is 1. The van der Waals surface area contributed by atoms with Crippen molar-refractivity contribution in [3.63, 3.8) is 0 Å². The Kier molecular flexibility index (Phi) is 5.59. The number of anilines is 2. The Hall–Kier alpha value is -3.55. The maximum absolute atomic E-state index is 13.9. The molecule has 4 aromatic rings. The minimum atomic E-state index is -0.0458. The molecule has 5 nitrogen and oxygen atoms in total. The minimum absolute atomic E-state index is 0.0458. The number of para-hydroxylation sites is 1. The minimum Gasteiger partial charge on any atom is -0.334 e. The van der Waals surface area contributed by atoms with Crippen LogP contribution in [-0.4, -0.2) is 22.6 Å². The third-order valence-electron chi connectivity index (χ3n) is 5.97. The summed E-state index contributed by atoms with van der Waals surface area (Å²) in [6, 6.07) is 26.2. The van der Waals surface area contributed by atoms with Crippen molar-refractivity contribution in [1.82, 2.24) is 4.98 Å². The third kappa shape index (κ3) is 3.90. The van der Waals surface area contributed by atoms with E-state index in [0.717, 1.165) is 45.1 Å². The van der Waals surface area contributed by atoms with Crippen LogP contribution in [0.4, 0.5) is 17.1 Å². The van der Waals surface area contributed by atoms with E-state index < -0.39 is 0 Å².